The highest BCUT2D eigenvalue weighted by Gasteiger charge is 2.53. The average Bonchev–Trinajstić information content (AvgIpc) is 3.11. The van der Waals surface area contributed by atoms with Crippen molar-refractivity contribution in [2.45, 2.75) is 56.8 Å². The molecular formula is C18H25ClN4O2P+. The Hall–Kier alpha value is -0.970. The zero-order valence-corrected chi connectivity index (χ0v) is 16.9. The van der Waals surface area contributed by atoms with E-state index in [2.05, 4.69) is 15.2 Å². The van der Waals surface area contributed by atoms with Crippen molar-refractivity contribution in [3.05, 3.63) is 16.5 Å². The molecule has 0 aliphatic heterocycles. The number of aromatic nitrogens is 4. The molecule has 2 unspecified atom stereocenters. The van der Waals surface area contributed by atoms with Crippen LogP contribution in [-0.4, -0.2) is 33.1 Å². The van der Waals surface area contributed by atoms with Crippen molar-refractivity contribution in [1.29, 1.82) is 0 Å². The van der Waals surface area contributed by atoms with E-state index in [1.807, 2.05) is 6.92 Å². The summed E-state index contributed by atoms with van der Waals surface area (Å²) >= 11 is 6.81. The Bertz CT molecular complexity index is 841. The maximum Gasteiger partial charge on any atom is 0.504 e. The monoisotopic (exact) mass is 395 g/mol. The first-order valence-corrected chi connectivity index (χ1v) is 11.6. The quantitative estimate of drug-likeness (QED) is 0.746. The third-order valence-corrected chi connectivity index (χ3v) is 7.64. The van der Waals surface area contributed by atoms with Crippen LogP contribution in [0.1, 0.15) is 62.9 Å². The van der Waals surface area contributed by atoms with Gasteiger partial charge in [0.15, 0.2) is 18.1 Å². The molecule has 6 nitrogen and oxygen atoms in total. The maximum atomic E-state index is 11.2. The van der Waals surface area contributed by atoms with Crippen LogP contribution < -0.4 is 0 Å². The third kappa shape index (κ3) is 2.64. The number of nitrogens with zero attached hydrogens (tertiary/aromatic N) is 3. The van der Waals surface area contributed by atoms with E-state index >= 15 is 0 Å². The molecule has 1 N–H and O–H groups in total. The summed E-state index contributed by atoms with van der Waals surface area (Å²) < 4.78 is 18.1. The lowest BCUT2D eigenvalue weighted by Gasteiger charge is -2.56. The number of hydrogen-bond acceptors (Lipinski definition) is 4. The van der Waals surface area contributed by atoms with E-state index in [0.29, 0.717) is 18.1 Å². The lowest BCUT2D eigenvalue weighted by molar-refractivity contribution is -0.00733. The Balaban J connectivity index is 1.46. The highest BCUT2D eigenvalue weighted by atomic mass is 35.5. The van der Waals surface area contributed by atoms with Crippen LogP contribution in [0.4, 0.5) is 0 Å². The van der Waals surface area contributed by atoms with Crippen molar-refractivity contribution in [3.8, 4) is 0 Å². The Morgan fingerprint density at radius 3 is 2.46 bits per heavy atom. The van der Waals surface area contributed by atoms with Gasteiger partial charge in [0.05, 0.1) is 5.69 Å². The van der Waals surface area contributed by atoms with Crippen LogP contribution >= 0.6 is 19.6 Å². The van der Waals surface area contributed by atoms with Gasteiger partial charge in [0, 0.05) is 11.3 Å². The summed E-state index contributed by atoms with van der Waals surface area (Å²) in [6, 6.07) is 0. The molecule has 8 heteroatoms. The van der Waals surface area contributed by atoms with Crippen molar-refractivity contribution in [2.24, 2.45) is 17.8 Å². The first-order chi connectivity index (χ1) is 12.4. The third-order valence-electron chi connectivity index (χ3n) is 6.77. The van der Waals surface area contributed by atoms with Crippen LogP contribution in [0.3, 0.4) is 0 Å². The zero-order chi connectivity index (χ0) is 18.1. The highest BCUT2D eigenvalue weighted by molar-refractivity contribution is 7.38. The number of nitrogens with one attached hydrogen (secondary N) is 1. The van der Waals surface area contributed by atoms with Crippen LogP contribution in [0.15, 0.2) is 0 Å². The average molecular weight is 396 g/mol. The van der Waals surface area contributed by atoms with Gasteiger partial charge in [-0.15, -0.1) is 9.62 Å². The van der Waals surface area contributed by atoms with Gasteiger partial charge in [-0.25, -0.2) is 4.98 Å². The van der Waals surface area contributed by atoms with Gasteiger partial charge in [-0.2, -0.15) is 4.63 Å². The van der Waals surface area contributed by atoms with Gasteiger partial charge in [-0.3, -0.25) is 5.10 Å². The molecule has 4 aliphatic rings. The summed E-state index contributed by atoms with van der Waals surface area (Å²) in [6.45, 7) is 3.88. The molecule has 26 heavy (non-hydrogen) atoms. The van der Waals surface area contributed by atoms with Gasteiger partial charge in [-0.05, 0) is 60.8 Å². The molecule has 0 amide bonds. The number of aromatic amines is 1. The zero-order valence-electron chi connectivity index (χ0n) is 15.2. The molecule has 4 saturated carbocycles. The predicted octanol–water partition coefficient (Wildman–Crippen LogP) is 4.67. The lowest BCUT2D eigenvalue weighted by atomic mass is 9.49. The minimum atomic E-state index is -1.61. The second-order valence-electron chi connectivity index (χ2n) is 8.84. The summed E-state index contributed by atoms with van der Waals surface area (Å²) in [4.78, 5) is 4.65. The number of H-pyrrole nitrogens is 1. The molecule has 2 heterocycles. The second kappa shape index (κ2) is 6.02. The van der Waals surface area contributed by atoms with E-state index < -0.39 is 8.03 Å². The van der Waals surface area contributed by atoms with Gasteiger partial charge in [0.1, 0.15) is 11.6 Å². The van der Waals surface area contributed by atoms with Crippen molar-refractivity contribution in [1.82, 2.24) is 19.8 Å². The SMILES string of the molecule is CC(CO[P+](C)=O)c1nc2c(Cl)c(C34CC5CC(CC(C5)C3)C4)[nH]n2n1. The van der Waals surface area contributed by atoms with Crippen molar-refractivity contribution >= 4 is 25.3 Å². The minimum Gasteiger partial charge on any atom is -0.278 e. The second-order valence-corrected chi connectivity index (χ2v) is 10.4. The smallest absolute Gasteiger partial charge is 0.278 e. The molecule has 0 aromatic carbocycles. The maximum absolute atomic E-state index is 11.2. The lowest BCUT2D eigenvalue weighted by Crippen LogP contribution is -2.48. The standard InChI is InChI=1S/C18H25ClN4O2P/c1-10(9-25-26(2)24)16-20-17-14(19)15(21-23(17)22-16)18-6-11-3-12(7-18)5-13(4-11)8-18/h10-13,21H,3-9H2,1-2H3/q+1. The van der Waals surface area contributed by atoms with E-state index in [-0.39, 0.29) is 11.3 Å². The van der Waals surface area contributed by atoms with E-state index in [0.717, 1.165) is 28.5 Å². The Kier molecular flexibility index (Phi) is 3.97. The summed E-state index contributed by atoms with van der Waals surface area (Å²) in [5, 5.41) is 8.80. The van der Waals surface area contributed by atoms with Crippen LogP contribution in [0.25, 0.3) is 5.65 Å². The Morgan fingerprint density at radius 2 is 1.92 bits per heavy atom. The van der Waals surface area contributed by atoms with Crippen molar-refractivity contribution < 1.29 is 9.09 Å². The molecule has 140 valence electrons. The minimum absolute atomic E-state index is 0.0266. The Labute approximate surface area is 158 Å². The predicted molar refractivity (Wildman–Crippen MR) is 100 cm³/mol. The molecule has 4 bridgehead atoms. The molecule has 6 rings (SSSR count). The summed E-state index contributed by atoms with van der Waals surface area (Å²) in [5.41, 5.74) is 2.06. The fourth-order valence-electron chi connectivity index (χ4n) is 6.08. The van der Waals surface area contributed by atoms with Crippen LogP contribution in [-0.2, 0) is 14.5 Å². The van der Waals surface area contributed by atoms with E-state index in [4.69, 9.17) is 16.1 Å². The van der Waals surface area contributed by atoms with E-state index in [1.54, 1.807) is 11.3 Å². The van der Waals surface area contributed by atoms with Crippen LogP contribution in [0.5, 0.6) is 0 Å². The first-order valence-electron chi connectivity index (χ1n) is 9.62. The topological polar surface area (TPSA) is 72.3 Å². The molecule has 2 aromatic rings. The van der Waals surface area contributed by atoms with Gasteiger partial charge < -0.3 is 0 Å². The van der Waals surface area contributed by atoms with Gasteiger partial charge in [0.2, 0.25) is 0 Å². The van der Waals surface area contributed by atoms with Crippen molar-refractivity contribution in [2.75, 3.05) is 13.3 Å². The normalized spacial score (nSPS) is 34.6. The molecule has 0 saturated heterocycles. The molecular weight excluding hydrogens is 371 g/mol. The van der Waals surface area contributed by atoms with Gasteiger partial charge >= 0.3 is 8.03 Å². The fraction of sp³-hybridized carbons (Fsp3) is 0.778. The summed E-state index contributed by atoms with van der Waals surface area (Å²) in [7, 11) is -1.61. The summed E-state index contributed by atoms with van der Waals surface area (Å²) in [6.07, 6.45) is 7.99. The number of rotatable bonds is 5. The highest BCUT2D eigenvalue weighted by Crippen LogP contribution is 2.61. The molecule has 4 fully saturated rings. The van der Waals surface area contributed by atoms with Crippen molar-refractivity contribution in [3.63, 3.8) is 0 Å². The molecule has 4 aliphatic carbocycles. The molecule has 0 spiro atoms. The Morgan fingerprint density at radius 1 is 1.31 bits per heavy atom. The fourth-order valence-corrected chi connectivity index (χ4v) is 6.88. The van der Waals surface area contributed by atoms with E-state index in [1.165, 1.54) is 38.5 Å². The van der Waals surface area contributed by atoms with Crippen LogP contribution in [0.2, 0.25) is 5.02 Å². The number of fused-ring (bicyclic) bond motifs is 1. The number of halogens is 1. The van der Waals surface area contributed by atoms with Gasteiger partial charge in [-0.1, -0.05) is 18.5 Å². The molecule has 2 aromatic heterocycles. The molecule has 2 atom stereocenters. The molecule has 0 radical (unpaired) electrons. The first kappa shape index (κ1) is 17.2. The van der Waals surface area contributed by atoms with E-state index in [9.17, 15) is 4.57 Å². The summed E-state index contributed by atoms with van der Waals surface area (Å²) in [5.74, 6) is 3.24. The van der Waals surface area contributed by atoms with Crippen LogP contribution in [0, 0.1) is 17.8 Å². The number of hydrogen-bond donors (Lipinski definition) is 1. The largest absolute Gasteiger partial charge is 0.504 e. The van der Waals surface area contributed by atoms with Gasteiger partial charge in [0.25, 0.3) is 0 Å².